The van der Waals surface area contributed by atoms with E-state index >= 15 is 0 Å². The molecule has 2 aromatic carbocycles. The number of unbranched alkanes of at least 4 members (excludes halogenated alkanes) is 1. The molecule has 0 aliphatic carbocycles. The summed E-state index contributed by atoms with van der Waals surface area (Å²) in [5.74, 6) is -0.170. The van der Waals surface area contributed by atoms with Crippen LogP contribution in [0.1, 0.15) is 86.6 Å². The molecule has 0 radical (unpaired) electrons. The second-order valence-corrected chi connectivity index (χ2v) is 12.2. The number of ether oxygens (including phenoxy) is 2. The Labute approximate surface area is 276 Å². The largest absolute Gasteiger partial charge is 0.495 e. The summed E-state index contributed by atoms with van der Waals surface area (Å²) in [6, 6.07) is 9.89. The number of nitrogens with zero attached hydrogens (tertiary/aromatic N) is 2. The number of alkyl halides is 3. The van der Waals surface area contributed by atoms with Gasteiger partial charge in [-0.25, -0.2) is 4.99 Å². The van der Waals surface area contributed by atoms with Gasteiger partial charge < -0.3 is 25.0 Å². The van der Waals surface area contributed by atoms with E-state index in [-0.39, 0.29) is 40.8 Å². The molecule has 0 atom stereocenters. The number of Topliss-reactive ketones (excluding diaryl/α,β-unsaturated/α-hetero) is 1. The van der Waals surface area contributed by atoms with E-state index in [0.29, 0.717) is 41.6 Å². The van der Waals surface area contributed by atoms with Gasteiger partial charge in [0, 0.05) is 17.8 Å². The zero-order chi connectivity index (χ0) is 34.7. The number of carbonyl (C=O) groups excluding carboxylic acids is 2. The van der Waals surface area contributed by atoms with Crippen LogP contribution < -0.4 is 20.1 Å². The van der Waals surface area contributed by atoms with Gasteiger partial charge in [0.2, 0.25) is 0 Å². The molecule has 0 unspecified atom stereocenters. The summed E-state index contributed by atoms with van der Waals surface area (Å²) in [5, 5.41) is 6.13. The number of anilines is 1. The van der Waals surface area contributed by atoms with E-state index in [4.69, 9.17) is 9.47 Å². The van der Waals surface area contributed by atoms with Crippen LogP contribution in [-0.4, -0.2) is 62.3 Å². The van der Waals surface area contributed by atoms with E-state index in [0.717, 1.165) is 32.4 Å². The topological polar surface area (TPSA) is 92.3 Å². The number of rotatable bonds is 14. The first-order chi connectivity index (χ1) is 22.2. The lowest BCUT2D eigenvalue weighted by Gasteiger charge is -2.29. The Morgan fingerprint density at radius 2 is 1.81 bits per heavy atom. The number of piperidine rings is 1. The SMILES string of the molecule is CCC\C=C(/N=C\C(=C(/C)Oc1cccc(CC(C)C)c1C(C)=O)C(F)(F)F)Nc1ccc(C(=O)NC2CCN(C)CC2)cc1OC. The number of benzene rings is 2. The normalized spacial score (nSPS) is 15.5. The minimum atomic E-state index is -4.80. The van der Waals surface area contributed by atoms with E-state index < -0.39 is 17.5 Å². The fraction of sp³-hybridized carbons (Fsp3) is 0.472. The summed E-state index contributed by atoms with van der Waals surface area (Å²) in [7, 11) is 3.50. The molecule has 3 rings (SSSR count). The van der Waals surface area contributed by atoms with Crippen LogP contribution in [0.2, 0.25) is 0 Å². The average Bonchev–Trinajstić information content (AvgIpc) is 3.00. The van der Waals surface area contributed by atoms with Gasteiger partial charge in [0.15, 0.2) is 5.78 Å². The van der Waals surface area contributed by atoms with Gasteiger partial charge in [-0.2, -0.15) is 13.2 Å². The number of methoxy groups -OCH3 is 1. The highest BCUT2D eigenvalue weighted by atomic mass is 19.4. The Morgan fingerprint density at radius 1 is 1.11 bits per heavy atom. The van der Waals surface area contributed by atoms with Crippen molar-refractivity contribution in [2.45, 2.75) is 78.9 Å². The van der Waals surface area contributed by atoms with Crippen LogP contribution >= 0.6 is 0 Å². The summed E-state index contributed by atoms with van der Waals surface area (Å²) in [6.45, 7) is 10.3. The van der Waals surface area contributed by atoms with Gasteiger partial charge in [-0.1, -0.05) is 39.3 Å². The third-order valence-electron chi connectivity index (χ3n) is 7.78. The number of halogens is 3. The van der Waals surface area contributed by atoms with E-state index in [1.165, 1.54) is 27.0 Å². The number of carbonyl (C=O) groups is 2. The molecule has 1 aliphatic heterocycles. The highest BCUT2D eigenvalue weighted by molar-refractivity contribution is 5.98. The third-order valence-corrected chi connectivity index (χ3v) is 7.78. The maximum Gasteiger partial charge on any atom is 0.421 e. The summed E-state index contributed by atoms with van der Waals surface area (Å²) >= 11 is 0. The number of aliphatic imine (C=N–C) groups is 1. The highest BCUT2D eigenvalue weighted by Crippen LogP contribution is 2.32. The minimum Gasteiger partial charge on any atom is -0.495 e. The molecule has 11 heteroatoms. The molecule has 1 fully saturated rings. The smallest absolute Gasteiger partial charge is 0.421 e. The molecule has 1 amide bonds. The third kappa shape index (κ3) is 11.0. The van der Waals surface area contributed by atoms with Gasteiger partial charge >= 0.3 is 6.18 Å². The highest BCUT2D eigenvalue weighted by Gasteiger charge is 2.36. The molecular weight excluding hydrogens is 609 g/mol. The van der Waals surface area contributed by atoms with E-state index in [2.05, 4.69) is 27.6 Å². The average molecular weight is 657 g/mol. The van der Waals surface area contributed by atoms with Gasteiger partial charge in [-0.15, -0.1) is 0 Å². The van der Waals surface area contributed by atoms with Crippen LogP contribution in [0, 0.1) is 5.92 Å². The molecule has 1 aliphatic rings. The molecule has 47 heavy (non-hydrogen) atoms. The van der Waals surface area contributed by atoms with Crippen molar-refractivity contribution in [1.29, 1.82) is 0 Å². The number of hydrogen-bond acceptors (Lipinski definition) is 7. The second-order valence-electron chi connectivity index (χ2n) is 12.2. The van der Waals surface area contributed by atoms with Crippen molar-refractivity contribution in [2.75, 3.05) is 32.6 Å². The second kappa shape index (κ2) is 17.2. The monoisotopic (exact) mass is 656 g/mol. The standard InChI is InChI=1S/C36H47F3N4O4/c1-8-9-13-33(42-30-15-14-27(21-32(30)46-7)35(45)41-28-16-18-43(6)19-17-28)40-22-29(36(37,38)39)25(5)47-31-12-10-11-26(20-23(2)3)34(31)24(4)44/h10-15,21-23,28,42H,8-9,16-20H2,1-7H3,(H,41,45)/b29-25-,33-13+,40-22-. The van der Waals surface area contributed by atoms with Crippen LogP contribution in [0.3, 0.4) is 0 Å². The Balaban J connectivity index is 1.89. The van der Waals surface area contributed by atoms with Gasteiger partial charge in [0.1, 0.15) is 28.7 Å². The predicted octanol–water partition coefficient (Wildman–Crippen LogP) is 7.96. The zero-order valence-corrected chi connectivity index (χ0v) is 28.4. The van der Waals surface area contributed by atoms with E-state index in [1.807, 2.05) is 20.8 Å². The fourth-order valence-electron chi connectivity index (χ4n) is 5.30. The number of amides is 1. The van der Waals surface area contributed by atoms with Gasteiger partial charge in [0.05, 0.1) is 18.4 Å². The minimum absolute atomic E-state index is 0.0628. The molecule has 1 saturated heterocycles. The lowest BCUT2D eigenvalue weighted by atomic mass is 9.95. The summed E-state index contributed by atoms with van der Waals surface area (Å²) in [6.07, 6.45) is 1.19. The molecule has 0 aromatic heterocycles. The molecule has 256 valence electrons. The zero-order valence-electron chi connectivity index (χ0n) is 28.4. The maximum atomic E-state index is 14.3. The molecule has 0 spiro atoms. The van der Waals surface area contributed by atoms with Crippen LogP contribution in [0.25, 0.3) is 0 Å². The number of allylic oxidation sites excluding steroid dienone is 3. The Hall–Kier alpha value is -4.12. The van der Waals surface area contributed by atoms with Crippen molar-refractivity contribution in [3.05, 3.63) is 76.3 Å². The van der Waals surface area contributed by atoms with Crippen molar-refractivity contribution in [3.8, 4) is 11.5 Å². The van der Waals surface area contributed by atoms with Crippen LogP contribution in [0.15, 0.2) is 64.6 Å². The first-order valence-electron chi connectivity index (χ1n) is 16.0. The molecule has 2 aromatic rings. The summed E-state index contributed by atoms with van der Waals surface area (Å²) in [5.41, 5.74) is 0.721. The Kier molecular flexibility index (Phi) is 13.6. The molecule has 1 heterocycles. The van der Waals surface area contributed by atoms with E-state index in [9.17, 15) is 22.8 Å². The van der Waals surface area contributed by atoms with Gasteiger partial charge in [0.25, 0.3) is 5.91 Å². The quantitative estimate of drug-likeness (QED) is 0.122. The maximum absolute atomic E-state index is 14.3. The van der Waals surface area contributed by atoms with Gasteiger partial charge in [-0.05, 0) is 101 Å². The molecule has 8 nitrogen and oxygen atoms in total. The van der Waals surface area contributed by atoms with Crippen LogP contribution in [0.5, 0.6) is 11.5 Å². The summed E-state index contributed by atoms with van der Waals surface area (Å²) in [4.78, 5) is 31.9. The van der Waals surface area contributed by atoms with Crippen molar-refractivity contribution in [3.63, 3.8) is 0 Å². The van der Waals surface area contributed by atoms with Crippen LogP contribution in [0.4, 0.5) is 18.9 Å². The fourth-order valence-corrected chi connectivity index (χ4v) is 5.30. The predicted molar refractivity (Wildman–Crippen MR) is 180 cm³/mol. The lowest BCUT2D eigenvalue weighted by Crippen LogP contribution is -2.43. The first kappa shape index (κ1) is 37.3. The Bertz CT molecular complexity index is 1490. The van der Waals surface area contributed by atoms with Crippen LogP contribution in [-0.2, 0) is 6.42 Å². The summed E-state index contributed by atoms with van der Waals surface area (Å²) < 4.78 is 54.3. The lowest BCUT2D eigenvalue weighted by molar-refractivity contribution is -0.0878. The number of hydrogen-bond donors (Lipinski definition) is 2. The van der Waals surface area contributed by atoms with Crippen molar-refractivity contribution in [1.82, 2.24) is 10.2 Å². The number of likely N-dealkylation sites (tertiary alicyclic amines) is 1. The molecule has 0 saturated carbocycles. The molecular formula is C36H47F3N4O4. The van der Waals surface area contributed by atoms with Gasteiger partial charge in [-0.3, -0.25) is 9.59 Å². The first-order valence-corrected chi connectivity index (χ1v) is 16.0. The van der Waals surface area contributed by atoms with E-state index in [1.54, 1.807) is 36.4 Å². The Morgan fingerprint density at radius 3 is 2.40 bits per heavy atom. The molecule has 2 N–H and O–H groups in total. The number of ketones is 1. The molecule has 0 bridgehead atoms. The van der Waals surface area contributed by atoms with Crippen molar-refractivity contribution in [2.24, 2.45) is 10.9 Å². The number of nitrogens with one attached hydrogen (secondary N) is 2. The van der Waals surface area contributed by atoms with Crippen molar-refractivity contribution >= 4 is 23.6 Å². The van der Waals surface area contributed by atoms with Crippen molar-refractivity contribution < 1.29 is 32.2 Å².